The zero-order valence-corrected chi connectivity index (χ0v) is 17.0. The molecule has 31 heavy (non-hydrogen) atoms. The van der Waals surface area contributed by atoms with Crippen molar-refractivity contribution in [2.24, 2.45) is 27.9 Å². The first-order valence-electron chi connectivity index (χ1n) is 9.23. The maximum absolute atomic E-state index is 12.7. The molecule has 0 saturated carbocycles. The van der Waals surface area contributed by atoms with Gasteiger partial charge < -0.3 is 49.1 Å². The van der Waals surface area contributed by atoms with Gasteiger partial charge in [-0.3, -0.25) is 29.0 Å². The highest BCUT2D eigenvalue weighted by atomic mass is 16.4. The minimum atomic E-state index is -1.49. The molecule has 0 rings (SSSR count). The maximum Gasteiger partial charge on any atom is 0.325 e. The van der Waals surface area contributed by atoms with E-state index in [0.717, 1.165) is 0 Å². The SMILES string of the molecule is CC(NC(=O)C(CC(N)=O)NC(=O)C(CCCN=C(N)N)NC(=O)C(N)CO)C(=O)O. The minimum Gasteiger partial charge on any atom is -0.480 e. The van der Waals surface area contributed by atoms with Crippen molar-refractivity contribution in [3.8, 4) is 0 Å². The van der Waals surface area contributed by atoms with Gasteiger partial charge in [-0.25, -0.2) is 0 Å². The number of amides is 4. The van der Waals surface area contributed by atoms with Crippen molar-refractivity contribution in [1.82, 2.24) is 16.0 Å². The number of nitrogens with zero attached hydrogens (tertiary/aromatic N) is 1. The van der Waals surface area contributed by atoms with Crippen LogP contribution in [-0.2, 0) is 24.0 Å². The molecule has 0 bridgehead atoms. The fourth-order valence-corrected chi connectivity index (χ4v) is 2.19. The molecule has 0 aliphatic rings. The first kappa shape index (κ1) is 27.5. The highest BCUT2D eigenvalue weighted by Crippen LogP contribution is 2.02. The van der Waals surface area contributed by atoms with E-state index in [0.29, 0.717) is 0 Å². The molecule has 0 aliphatic heterocycles. The van der Waals surface area contributed by atoms with E-state index in [4.69, 9.17) is 33.1 Å². The van der Waals surface area contributed by atoms with Crippen molar-refractivity contribution in [3.63, 3.8) is 0 Å². The second-order valence-corrected chi connectivity index (χ2v) is 6.60. The van der Waals surface area contributed by atoms with Crippen molar-refractivity contribution < 1.29 is 34.2 Å². The lowest BCUT2D eigenvalue weighted by Crippen LogP contribution is -2.57. The van der Waals surface area contributed by atoms with E-state index >= 15 is 0 Å². The Kier molecular flexibility index (Phi) is 12.2. The Balaban J connectivity index is 5.39. The van der Waals surface area contributed by atoms with Crippen LogP contribution < -0.4 is 38.9 Å². The van der Waals surface area contributed by atoms with Crippen molar-refractivity contribution in [2.45, 2.75) is 50.4 Å². The molecule has 0 aromatic carbocycles. The number of carboxylic acids is 1. The van der Waals surface area contributed by atoms with Gasteiger partial charge in [-0.05, 0) is 19.8 Å². The Labute approximate surface area is 178 Å². The number of aliphatic carboxylic acids is 1. The van der Waals surface area contributed by atoms with Gasteiger partial charge in [-0.2, -0.15) is 0 Å². The van der Waals surface area contributed by atoms with E-state index < -0.39 is 66.8 Å². The Bertz CT molecular complexity index is 695. The standard InChI is InChI=1S/C16H30N8O7/c1-7(15(30)31)22-14(29)10(5-11(18)26)24-13(28)9(3-2-4-21-16(19)20)23-12(27)8(17)6-25/h7-10,25H,2-6,17H2,1H3,(H2,18,26)(H,22,29)(H,23,27)(H,24,28)(H,30,31)(H4,19,20,21). The highest BCUT2D eigenvalue weighted by molar-refractivity contribution is 5.96. The normalized spacial score (nSPS) is 14.3. The number of guanidine groups is 1. The van der Waals surface area contributed by atoms with E-state index in [1.807, 2.05) is 0 Å². The lowest BCUT2D eigenvalue weighted by molar-refractivity contribution is -0.142. The van der Waals surface area contributed by atoms with Crippen LogP contribution in [0, 0.1) is 0 Å². The van der Waals surface area contributed by atoms with Crippen LogP contribution in [0.5, 0.6) is 0 Å². The Morgan fingerprint density at radius 2 is 1.48 bits per heavy atom. The summed E-state index contributed by atoms with van der Waals surface area (Å²) in [7, 11) is 0. The molecule has 0 radical (unpaired) electrons. The highest BCUT2D eigenvalue weighted by Gasteiger charge is 2.30. The fourth-order valence-electron chi connectivity index (χ4n) is 2.19. The predicted molar refractivity (Wildman–Crippen MR) is 108 cm³/mol. The van der Waals surface area contributed by atoms with Crippen LogP contribution in [0.25, 0.3) is 0 Å². The van der Waals surface area contributed by atoms with Gasteiger partial charge in [0.15, 0.2) is 5.96 Å². The van der Waals surface area contributed by atoms with Crippen LogP contribution in [0.1, 0.15) is 26.2 Å². The summed E-state index contributed by atoms with van der Waals surface area (Å²) in [5, 5.41) is 24.6. The summed E-state index contributed by atoms with van der Waals surface area (Å²) in [5.74, 6) is -5.09. The van der Waals surface area contributed by atoms with Crippen molar-refractivity contribution >= 4 is 35.6 Å². The molecule has 176 valence electrons. The molecular weight excluding hydrogens is 416 g/mol. The third-order valence-corrected chi connectivity index (χ3v) is 3.88. The first-order chi connectivity index (χ1) is 14.4. The molecule has 13 N–H and O–H groups in total. The number of aliphatic imine (C=N–C) groups is 1. The quantitative estimate of drug-likeness (QED) is 0.0694. The molecule has 4 unspecified atom stereocenters. The molecular formula is C16H30N8O7. The van der Waals surface area contributed by atoms with Gasteiger partial charge >= 0.3 is 5.97 Å². The molecule has 0 spiro atoms. The lowest BCUT2D eigenvalue weighted by atomic mass is 10.1. The zero-order valence-electron chi connectivity index (χ0n) is 17.0. The summed E-state index contributed by atoms with van der Waals surface area (Å²) < 4.78 is 0. The summed E-state index contributed by atoms with van der Waals surface area (Å²) in [6.07, 6.45) is -0.356. The van der Waals surface area contributed by atoms with E-state index in [1.54, 1.807) is 0 Å². The number of carbonyl (C=O) groups excluding carboxylic acids is 4. The van der Waals surface area contributed by atoms with E-state index in [2.05, 4.69) is 20.9 Å². The average molecular weight is 446 g/mol. The number of carbonyl (C=O) groups is 5. The van der Waals surface area contributed by atoms with Crippen LogP contribution in [0.2, 0.25) is 0 Å². The monoisotopic (exact) mass is 446 g/mol. The molecule has 0 fully saturated rings. The van der Waals surface area contributed by atoms with Gasteiger partial charge in [0, 0.05) is 6.54 Å². The summed E-state index contributed by atoms with van der Waals surface area (Å²) in [6, 6.07) is -5.30. The van der Waals surface area contributed by atoms with Gasteiger partial charge in [-0.1, -0.05) is 0 Å². The van der Waals surface area contributed by atoms with Crippen LogP contribution in [0.4, 0.5) is 0 Å². The number of carboxylic acid groups (broad SMARTS) is 1. The van der Waals surface area contributed by atoms with Crippen LogP contribution in [-0.4, -0.2) is 83.1 Å². The lowest BCUT2D eigenvalue weighted by Gasteiger charge is -2.24. The third-order valence-electron chi connectivity index (χ3n) is 3.88. The van der Waals surface area contributed by atoms with Gasteiger partial charge in [0.2, 0.25) is 23.6 Å². The molecule has 15 heteroatoms. The number of aliphatic hydroxyl groups excluding tert-OH is 1. The van der Waals surface area contributed by atoms with Crippen molar-refractivity contribution in [3.05, 3.63) is 0 Å². The van der Waals surface area contributed by atoms with Gasteiger partial charge in [0.05, 0.1) is 13.0 Å². The molecule has 0 aromatic heterocycles. The van der Waals surface area contributed by atoms with Gasteiger partial charge in [0.25, 0.3) is 0 Å². The Morgan fingerprint density at radius 1 is 0.935 bits per heavy atom. The van der Waals surface area contributed by atoms with Crippen LogP contribution in [0.15, 0.2) is 4.99 Å². The Hall–Kier alpha value is -3.46. The second kappa shape index (κ2) is 13.7. The first-order valence-corrected chi connectivity index (χ1v) is 9.23. The summed E-state index contributed by atoms with van der Waals surface area (Å²) in [5.41, 5.74) is 21.0. The number of rotatable bonds is 14. The fraction of sp³-hybridized carbons (Fsp3) is 0.625. The van der Waals surface area contributed by atoms with Crippen molar-refractivity contribution in [2.75, 3.05) is 13.2 Å². The third kappa shape index (κ3) is 11.3. The smallest absolute Gasteiger partial charge is 0.325 e. The largest absolute Gasteiger partial charge is 0.480 e. The molecule has 4 amide bonds. The molecule has 0 aliphatic carbocycles. The topological polar surface area (TPSA) is 278 Å². The number of aliphatic hydroxyl groups is 1. The van der Waals surface area contributed by atoms with E-state index in [9.17, 15) is 24.0 Å². The molecule has 0 heterocycles. The Morgan fingerprint density at radius 3 is 1.97 bits per heavy atom. The molecule has 4 atom stereocenters. The number of nitrogens with two attached hydrogens (primary N) is 4. The van der Waals surface area contributed by atoms with Gasteiger partial charge in [0.1, 0.15) is 24.2 Å². The van der Waals surface area contributed by atoms with Gasteiger partial charge in [-0.15, -0.1) is 0 Å². The van der Waals surface area contributed by atoms with E-state index in [1.165, 1.54) is 6.92 Å². The number of nitrogens with one attached hydrogen (secondary N) is 3. The maximum atomic E-state index is 12.7. The molecule has 0 aromatic rings. The number of primary amides is 1. The summed E-state index contributed by atoms with van der Waals surface area (Å²) >= 11 is 0. The predicted octanol–water partition coefficient (Wildman–Crippen LogP) is -5.21. The zero-order chi connectivity index (χ0) is 24.1. The van der Waals surface area contributed by atoms with Crippen LogP contribution in [0.3, 0.4) is 0 Å². The minimum absolute atomic E-state index is 0.0168. The summed E-state index contributed by atoms with van der Waals surface area (Å²) in [4.78, 5) is 62.9. The number of hydrogen-bond acceptors (Lipinski definition) is 8. The second-order valence-electron chi connectivity index (χ2n) is 6.60. The molecule has 0 saturated heterocycles. The van der Waals surface area contributed by atoms with E-state index in [-0.39, 0.29) is 25.3 Å². The number of hydrogen-bond donors (Lipinski definition) is 9. The average Bonchev–Trinajstić information content (AvgIpc) is 2.67. The molecule has 15 nitrogen and oxygen atoms in total. The van der Waals surface area contributed by atoms with Crippen LogP contribution >= 0.6 is 0 Å². The summed E-state index contributed by atoms with van der Waals surface area (Å²) in [6.45, 7) is 0.648. The van der Waals surface area contributed by atoms with Crippen molar-refractivity contribution in [1.29, 1.82) is 0 Å².